The molecule has 1 atom stereocenters. The number of carbonyl (C=O) groups excluding carboxylic acids is 1. The molecule has 1 fully saturated rings. The summed E-state index contributed by atoms with van der Waals surface area (Å²) in [5.74, 6) is -1.48. The van der Waals surface area contributed by atoms with Gasteiger partial charge in [0.2, 0.25) is 5.91 Å². The van der Waals surface area contributed by atoms with Gasteiger partial charge in [-0.25, -0.2) is 0 Å². The number of amides is 1. The third kappa shape index (κ3) is 3.31. The van der Waals surface area contributed by atoms with E-state index < -0.39 is 11.9 Å². The zero-order chi connectivity index (χ0) is 14.9. The number of aryl methyl sites for hydroxylation is 1. The number of anilines is 1. The maximum absolute atomic E-state index is 12.4. The summed E-state index contributed by atoms with van der Waals surface area (Å²) < 4.78 is 0. The second-order valence-corrected chi connectivity index (χ2v) is 5.80. The topological polar surface area (TPSA) is 57.6 Å². The Labute approximate surface area is 123 Å². The first-order valence-corrected chi connectivity index (χ1v) is 7.08. The Balaban J connectivity index is 2.27. The molecule has 1 saturated carbocycles. The van der Waals surface area contributed by atoms with E-state index in [4.69, 9.17) is 16.7 Å². The van der Waals surface area contributed by atoms with Gasteiger partial charge in [0.05, 0.1) is 5.92 Å². The minimum atomic E-state index is -0.906. The van der Waals surface area contributed by atoms with Crippen molar-refractivity contribution in [3.05, 3.63) is 28.8 Å². The van der Waals surface area contributed by atoms with Crippen molar-refractivity contribution in [1.29, 1.82) is 0 Å². The van der Waals surface area contributed by atoms with Gasteiger partial charge in [-0.3, -0.25) is 9.59 Å². The van der Waals surface area contributed by atoms with Crippen LogP contribution in [0.4, 0.5) is 5.69 Å². The Hall–Kier alpha value is -1.55. The van der Waals surface area contributed by atoms with Gasteiger partial charge in [0.25, 0.3) is 0 Å². The van der Waals surface area contributed by atoms with E-state index in [1.54, 1.807) is 17.9 Å². The maximum Gasteiger partial charge on any atom is 0.308 e. The minimum absolute atomic E-state index is 0.00183. The highest BCUT2D eigenvalue weighted by molar-refractivity contribution is 6.31. The average Bonchev–Trinajstić information content (AvgIpc) is 3.22. The lowest BCUT2D eigenvalue weighted by Crippen LogP contribution is -2.38. The van der Waals surface area contributed by atoms with Crippen LogP contribution < -0.4 is 4.90 Å². The largest absolute Gasteiger partial charge is 0.481 e. The quantitative estimate of drug-likeness (QED) is 0.908. The van der Waals surface area contributed by atoms with E-state index in [0.29, 0.717) is 10.7 Å². The van der Waals surface area contributed by atoms with Gasteiger partial charge in [-0.2, -0.15) is 0 Å². The fraction of sp³-hybridized carbons (Fsp3) is 0.467. The van der Waals surface area contributed by atoms with Gasteiger partial charge < -0.3 is 10.0 Å². The molecule has 0 aliphatic heterocycles. The van der Waals surface area contributed by atoms with Crippen molar-refractivity contribution >= 4 is 29.2 Å². The molecule has 108 valence electrons. The lowest BCUT2D eigenvalue weighted by Gasteiger charge is -2.25. The van der Waals surface area contributed by atoms with Crippen LogP contribution in [-0.4, -0.2) is 23.5 Å². The smallest absolute Gasteiger partial charge is 0.308 e. The number of rotatable bonds is 5. The molecular weight excluding hydrogens is 278 g/mol. The minimum Gasteiger partial charge on any atom is -0.481 e. The van der Waals surface area contributed by atoms with Gasteiger partial charge >= 0.3 is 5.97 Å². The standard InChI is InChI=1S/C15H18ClNO3/c1-9-3-6-12(7-13(9)16)17(8-10(2)15(19)20)14(18)11-4-5-11/h3,6-7,10-11H,4-5,8H2,1-2H3,(H,19,20). The van der Waals surface area contributed by atoms with Gasteiger partial charge in [-0.15, -0.1) is 0 Å². The first-order chi connectivity index (χ1) is 9.40. The lowest BCUT2D eigenvalue weighted by molar-refractivity contribution is -0.140. The molecule has 0 heterocycles. The van der Waals surface area contributed by atoms with Crippen LogP contribution in [0.25, 0.3) is 0 Å². The summed E-state index contributed by atoms with van der Waals surface area (Å²) in [6.07, 6.45) is 1.77. The number of halogens is 1. The van der Waals surface area contributed by atoms with E-state index in [1.165, 1.54) is 0 Å². The van der Waals surface area contributed by atoms with Crippen molar-refractivity contribution in [3.63, 3.8) is 0 Å². The Bertz CT molecular complexity index is 540. The number of aliphatic carboxylic acids is 1. The van der Waals surface area contributed by atoms with Crippen molar-refractivity contribution in [2.75, 3.05) is 11.4 Å². The molecule has 1 aliphatic carbocycles. The van der Waals surface area contributed by atoms with Gasteiger partial charge in [-0.1, -0.05) is 24.6 Å². The van der Waals surface area contributed by atoms with Crippen molar-refractivity contribution in [3.8, 4) is 0 Å². The molecule has 0 radical (unpaired) electrons. The molecule has 1 unspecified atom stereocenters. The molecule has 1 aromatic rings. The number of carboxylic acids is 1. The third-order valence-electron chi connectivity index (χ3n) is 3.54. The van der Waals surface area contributed by atoms with Crippen LogP contribution in [0.5, 0.6) is 0 Å². The van der Waals surface area contributed by atoms with E-state index in [2.05, 4.69) is 0 Å². The van der Waals surface area contributed by atoms with E-state index in [-0.39, 0.29) is 18.4 Å². The molecule has 0 bridgehead atoms. The van der Waals surface area contributed by atoms with Crippen LogP contribution in [0.1, 0.15) is 25.3 Å². The van der Waals surface area contributed by atoms with Crippen molar-refractivity contribution in [1.82, 2.24) is 0 Å². The molecule has 4 nitrogen and oxygen atoms in total. The molecular formula is C15H18ClNO3. The number of benzene rings is 1. The molecule has 1 aromatic carbocycles. The molecule has 1 N–H and O–H groups in total. The molecule has 1 aliphatic rings. The summed E-state index contributed by atoms with van der Waals surface area (Å²) in [4.78, 5) is 24.9. The zero-order valence-corrected chi connectivity index (χ0v) is 12.4. The fourth-order valence-corrected chi connectivity index (χ4v) is 2.15. The molecule has 1 amide bonds. The summed E-state index contributed by atoms with van der Waals surface area (Å²) in [5, 5.41) is 9.63. The van der Waals surface area contributed by atoms with E-state index in [9.17, 15) is 9.59 Å². The van der Waals surface area contributed by atoms with Crippen LogP contribution in [0.2, 0.25) is 5.02 Å². The number of hydrogen-bond donors (Lipinski definition) is 1. The van der Waals surface area contributed by atoms with Crippen LogP contribution in [0.3, 0.4) is 0 Å². The normalized spacial score (nSPS) is 15.8. The number of carboxylic acid groups (broad SMARTS) is 1. The predicted octanol–water partition coefficient (Wildman–Crippen LogP) is 3.11. The van der Waals surface area contributed by atoms with Crippen LogP contribution in [0, 0.1) is 18.8 Å². The van der Waals surface area contributed by atoms with Crippen molar-refractivity contribution in [2.45, 2.75) is 26.7 Å². The van der Waals surface area contributed by atoms with E-state index >= 15 is 0 Å². The summed E-state index contributed by atoms with van der Waals surface area (Å²) >= 11 is 6.10. The first kappa shape index (κ1) is 14.9. The van der Waals surface area contributed by atoms with Crippen LogP contribution >= 0.6 is 11.6 Å². The summed E-state index contributed by atoms with van der Waals surface area (Å²) in [5.41, 5.74) is 1.60. The highest BCUT2D eigenvalue weighted by Crippen LogP contribution is 2.34. The van der Waals surface area contributed by atoms with Crippen LogP contribution in [-0.2, 0) is 9.59 Å². The molecule has 20 heavy (non-hydrogen) atoms. The van der Waals surface area contributed by atoms with Crippen LogP contribution in [0.15, 0.2) is 18.2 Å². The number of hydrogen-bond acceptors (Lipinski definition) is 2. The number of nitrogens with zero attached hydrogens (tertiary/aromatic N) is 1. The second kappa shape index (κ2) is 5.83. The highest BCUT2D eigenvalue weighted by Gasteiger charge is 2.35. The maximum atomic E-state index is 12.4. The monoisotopic (exact) mass is 295 g/mol. The van der Waals surface area contributed by atoms with E-state index in [0.717, 1.165) is 18.4 Å². The first-order valence-electron chi connectivity index (χ1n) is 6.70. The molecule has 0 spiro atoms. The number of carbonyl (C=O) groups is 2. The Kier molecular flexibility index (Phi) is 4.33. The zero-order valence-electron chi connectivity index (χ0n) is 11.6. The summed E-state index contributed by atoms with van der Waals surface area (Å²) in [7, 11) is 0. The average molecular weight is 296 g/mol. The molecule has 0 saturated heterocycles. The van der Waals surface area contributed by atoms with E-state index in [1.807, 2.05) is 19.1 Å². The van der Waals surface area contributed by atoms with Gasteiger partial charge in [0.1, 0.15) is 0 Å². The Morgan fingerprint density at radius 3 is 2.60 bits per heavy atom. The molecule has 2 rings (SSSR count). The Morgan fingerprint density at radius 2 is 2.10 bits per heavy atom. The SMILES string of the molecule is Cc1ccc(N(CC(C)C(=O)O)C(=O)C2CC2)cc1Cl. The second-order valence-electron chi connectivity index (χ2n) is 5.40. The lowest BCUT2D eigenvalue weighted by atomic mass is 10.1. The summed E-state index contributed by atoms with van der Waals surface area (Å²) in [6, 6.07) is 5.39. The van der Waals surface area contributed by atoms with Gasteiger partial charge in [-0.05, 0) is 37.5 Å². The predicted molar refractivity (Wildman–Crippen MR) is 78.1 cm³/mol. The molecule has 5 heteroatoms. The van der Waals surface area contributed by atoms with Crippen molar-refractivity contribution in [2.24, 2.45) is 11.8 Å². The Morgan fingerprint density at radius 1 is 1.45 bits per heavy atom. The summed E-state index contributed by atoms with van der Waals surface area (Å²) in [6.45, 7) is 3.66. The third-order valence-corrected chi connectivity index (χ3v) is 3.94. The van der Waals surface area contributed by atoms with Crippen molar-refractivity contribution < 1.29 is 14.7 Å². The highest BCUT2D eigenvalue weighted by atomic mass is 35.5. The van der Waals surface area contributed by atoms with Gasteiger partial charge in [0.15, 0.2) is 0 Å². The molecule has 0 aromatic heterocycles. The fourth-order valence-electron chi connectivity index (χ4n) is 1.97. The van der Waals surface area contributed by atoms with Gasteiger partial charge in [0, 0.05) is 23.2 Å².